The summed E-state index contributed by atoms with van der Waals surface area (Å²) in [6.45, 7) is 18.6. The third-order valence-electron chi connectivity index (χ3n) is 11.6. The summed E-state index contributed by atoms with van der Waals surface area (Å²) in [6.07, 6.45) is 8.18. The highest BCUT2D eigenvalue weighted by Gasteiger charge is 2.70. The van der Waals surface area contributed by atoms with E-state index in [4.69, 9.17) is 0 Å². The third-order valence-corrected chi connectivity index (χ3v) is 14.4. The molecule has 2 unspecified atom stereocenters. The number of carbonyl (C=O) groups excluding carboxylic acids is 5. The Morgan fingerprint density at radius 2 is 1.58 bits per heavy atom. The van der Waals surface area contributed by atoms with Gasteiger partial charge in [0.25, 0.3) is 5.91 Å². The number of nitrogens with one attached hydrogen (secondary N) is 4. The molecule has 50 heavy (non-hydrogen) atoms. The van der Waals surface area contributed by atoms with Crippen molar-refractivity contribution in [1.82, 2.24) is 26.2 Å². The number of hydrogen-bond acceptors (Lipinski definition) is 7. The lowest BCUT2D eigenvalue weighted by atomic mass is 9.83. The number of nitrogens with zero attached hydrogens (tertiary/aromatic N) is 1. The van der Waals surface area contributed by atoms with Crippen molar-refractivity contribution in [2.24, 2.45) is 28.6 Å². The molecule has 3 saturated carbocycles. The normalized spacial score (nSPS) is 25.4. The van der Waals surface area contributed by atoms with Crippen molar-refractivity contribution >= 4 is 39.4 Å². The lowest BCUT2D eigenvalue weighted by molar-refractivity contribution is -0.145. The van der Waals surface area contributed by atoms with E-state index in [0.717, 1.165) is 32.1 Å². The molecule has 0 spiro atoms. The molecule has 0 aromatic carbocycles. The van der Waals surface area contributed by atoms with Gasteiger partial charge in [-0.05, 0) is 75.0 Å². The van der Waals surface area contributed by atoms with Crippen molar-refractivity contribution < 1.29 is 32.4 Å². The van der Waals surface area contributed by atoms with E-state index in [9.17, 15) is 32.4 Å². The molecule has 0 aromatic heterocycles. The van der Waals surface area contributed by atoms with E-state index >= 15 is 0 Å². The fraction of sp³-hybridized carbons (Fsp3) is 0.811. The van der Waals surface area contributed by atoms with Crippen LogP contribution in [0.15, 0.2) is 12.7 Å². The van der Waals surface area contributed by atoms with Gasteiger partial charge in [-0.3, -0.25) is 19.2 Å². The monoisotopic (exact) mass is 719 g/mol. The highest BCUT2D eigenvalue weighted by molar-refractivity contribution is 7.92. The lowest BCUT2D eigenvalue weighted by Gasteiger charge is -2.41. The lowest BCUT2D eigenvalue weighted by Crippen LogP contribution is -2.64. The van der Waals surface area contributed by atoms with Crippen molar-refractivity contribution in [3.63, 3.8) is 0 Å². The first kappa shape index (κ1) is 39.8. The third kappa shape index (κ3) is 8.91. The zero-order valence-electron chi connectivity index (χ0n) is 31.4. The van der Waals surface area contributed by atoms with Crippen LogP contribution in [0.3, 0.4) is 0 Å². The Morgan fingerprint density at radius 1 is 0.960 bits per heavy atom. The predicted molar refractivity (Wildman–Crippen MR) is 193 cm³/mol. The van der Waals surface area contributed by atoms with Crippen molar-refractivity contribution in [2.75, 3.05) is 18.8 Å². The molecule has 12 nitrogen and oxygen atoms in total. The van der Waals surface area contributed by atoms with Gasteiger partial charge in [0.1, 0.15) is 12.1 Å². The van der Waals surface area contributed by atoms with Crippen LogP contribution in [0.5, 0.6) is 0 Å². The van der Waals surface area contributed by atoms with Gasteiger partial charge in [0.05, 0.1) is 22.1 Å². The molecule has 5 atom stereocenters. The molecule has 4 N–H and O–H groups in total. The van der Waals surface area contributed by atoms with Crippen LogP contribution in [0.4, 0.5) is 4.79 Å². The molecule has 4 fully saturated rings. The fourth-order valence-electron chi connectivity index (χ4n) is 7.90. The number of piperidine rings is 1. The molecule has 1 heterocycles. The van der Waals surface area contributed by atoms with Gasteiger partial charge in [0, 0.05) is 13.1 Å². The van der Waals surface area contributed by atoms with E-state index in [1.807, 2.05) is 20.8 Å². The first-order valence-corrected chi connectivity index (χ1v) is 20.0. The molecule has 4 rings (SSSR count). The number of likely N-dealkylation sites (tertiary alicyclic amines) is 1. The maximum absolute atomic E-state index is 14.5. The summed E-state index contributed by atoms with van der Waals surface area (Å²) in [5, 5.41) is 11.3. The van der Waals surface area contributed by atoms with Gasteiger partial charge in [-0.2, -0.15) is 0 Å². The molecule has 0 radical (unpaired) electrons. The maximum Gasteiger partial charge on any atom is 0.315 e. The van der Waals surface area contributed by atoms with Crippen LogP contribution in [0, 0.1) is 28.6 Å². The van der Waals surface area contributed by atoms with Crippen LogP contribution < -0.4 is 21.3 Å². The Hall–Kier alpha value is -2.96. The molecular formula is C37H61N5O7S. The van der Waals surface area contributed by atoms with Gasteiger partial charge in [-0.15, -0.1) is 6.58 Å². The highest BCUT2D eigenvalue weighted by atomic mass is 32.2. The van der Waals surface area contributed by atoms with Gasteiger partial charge in [-0.25, -0.2) is 13.2 Å². The second-order valence-electron chi connectivity index (χ2n) is 17.9. The Labute approximate surface area is 299 Å². The molecule has 1 saturated heterocycles. The van der Waals surface area contributed by atoms with Crippen molar-refractivity contribution in [3.05, 3.63) is 12.7 Å². The molecule has 4 aliphatic rings. The molecule has 3 aliphatic carbocycles. The van der Waals surface area contributed by atoms with Crippen LogP contribution in [-0.2, 0) is 29.0 Å². The zero-order chi connectivity index (χ0) is 37.4. The minimum absolute atomic E-state index is 0.0567. The number of amides is 5. The van der Waals surface area contributed by atoms with Crippen LogP contribution in [-0.4, -0.2) is 90.1 Å². The quantitative estimate of drug-likeness (QED) is 0.157. The fourth-order valence-corrected chi connectivity index (χ4v) is 9.42. The summed E-state index contributed by atoms with van der Waals surface area (Å²) in [6, 6.07) is -3.56. The number of hydrogen-bond donors (Lipinski definition) is 4. The van der Waals surface area contributed by atoms with Crippen LogP contribution in [0.2, 0.25) is 0 Å². The Bertz CT molecular complexity index is 1450. The molecule has 5 amide bonds. The number of rotatable bonds is 14. The molecule has 282 valence electrons. The van der Waals surface area contributed by atoms with Crippen molar-refractivity contribution in [1.29, 1.82) is 0 Å². The summed E-state index contributed by atoms with van der Waals surface area (Å²) >= 11 is 0. The summed E-state index contributed by atoms with van der Waals surface area (Å²) < 4.78 is 25.7. The second kappa shape index (κ2) is 14.6. The molecule has 1 aliphatic heterocycles. The number of fused-ring (bicyclic) bond motifs is 1. The zero-order valence-corrected chi connectivity index (χ0v) is 32.3. The van der Waals surface area contributed by atoms with E-state index in [0.29, 0.717) is 38.1 Å². The first-order chi connectivity index (χ1) is 23.0. The Balaban J connectivity index is 1.55. The minimum Gasteiger partial charge on any atom is -0.346 e. The average Bonchev–Trinajstić information content (AvgIpc) is 3.87. The SMILES string of the molecule is C=CCNC(=O)C(=O)[C@H](CCC1CC1)NC(=O)[C@@H]1C2C(CN1C(=O)[C@@H](NC(=O)NC1(CS(=O)(=O)C(C)(C)C)CCCCC1)C(C)(C)C)C2(C)C. The molecule has 0 aromatic rings. The van der Waals surface area contributed by atoms with Gasteiger partial charge < -0.3 is 26.2 Å². The van der Waals surface area contributed by atoms with E-state index in [-0.39, 0.29) is 29.5 Å². The van der Waals surface area contributed by atoms with E-state index in [1.54, 1.807) is 20.8 Å². The maximum atomic E-state index is 14.5. The van der Waals surface area contributed by atoms with Gasteiger partial charge >= 0.3 is 6.03 Å². The van der Waals surface area contributed by atoms with E-state index in [1.165, 1.54) is 11.0 Å². The number of urea groups is 1. The highest BCUT2D eigenvalue weighted by Crippen LogP contribution is 2.65. The van der Waals surface area contributed by atoms with Crippen LogP contribution >= 0.6 is 0 Å². The largest absolute Gasteiger partial charge is 0.346 e. The number of sulfone groups is 1. The molecule has 0 bridgehead atoms. The van der Waals surface area contributed by atoms with Crippen molar-refractivity contribution in [2.45, 2.75) is 142 Å². The topological polar surface area (TPSA) is 171 Å². The summed E-state index contributed by atoms with van der Waals surface area (Å²) in [5.74, 6) is -2.22. The minimum atomic E-state index is -3.56. The number of carbonyl (C=O) groups is 5. The standard InChI is InChI=1S/C37H61N5O7S/c1-10-20-38-31(45)28(43)25(17-16-23-14-15-23)39-30(44)27-26-24(36(26,8)9)21-42(27)32(46)29(34(2,3)4)40-33(47)41-37(18-12-11-13-19-37)22-50(48,49)35(5,6)7/h10,23-27,29H,1,11-22H2,2-9H3,(H,38,45)(H,39,44)(H2,40,41,47)/t24?,25-,26?,27-,29+/m0/s1. The molecule has 13 heteroatoms. The summed E-state index contributed by atoms with van der Waals surface area (Å²) in [5.41, 5.74) is -1.93. The summed E-state index contributed by atoms with van der Waals surface area (Å²) in [7, 11) is -3.56. The van der Waals surface area contributed by atoms with E-state index in [2.05, 4.69) is 41.7 Å². The van der Waals surface area contributed by atoms with Crippen LogP contribution in [0.25, 0.3) is 0 Å². The van der Waals surface area contributed by atoms with Crippen molar-refractivity contribution in [3.8, 4) is 0 Å². The molecular weight excluding hydrogens is 659 g/mol. The Kier molecular flexibility index (Phi) is 11.6. The number of Topliss-reactive ketones (excluding diaryl/α,β-unsaturated/α-hetero) is 1. The Morgan fingerprint density at radius 3 is 2.12 bits per heavy atom. The van der Waals surface area contributed by atoms with Crippen LogP contribution in [0.1, 0.15) is 113 Å². The number of ketones is 1. The summed E-state index contributed by atoms with van der Waals surface area (Å²) in [4.78, 5) is 69.8. The van der Waals surface area contributed by atoms with Gasteiger partial charge in [0.2, 0.25) is 17.6 Å². The average molecular weight is 720 g/mol. The predicted octanol–water partition coefficient (Wildman–Crippen LogP) is 3.65. The second-order valence-corrected chi connectivity index (χ2v) is 20.7. The van der Waals surface area contributed by atoms with Gasteiger partial charge in [-0.1, -0.05) is 72.8 Å². The smallest absolute Gasteiger partial charge is 0.315 e. The van der Waals surface area contributed by atoms with Gasteiger partial charge in [0.15, 0.2) is 9.84 Å². The first-order valence-electron chi connectivity index (χ1n) is 18.4. The van der Waals surface area contributed by atoms with E-state index < -0.39 is 73.2 Å².